The van der Waals surface area contributed by atoms with Crippen molar-refractivity contribution in [1.82, 2.24) is 0 Å². The van der Waals surface area contributed by atoms with Crippen molar-refractivity contribution >= 4 is 0 Å². The van der Waals surface area contributed by atoms with Gasteiger partial charge < -0.3 is 7.85 Å². The minimum Gasteiger partial charge on any atom is -1.00 e. The molecule has 0 aromatic heterocycles. The van der Waals surface area contributed by atoms with E-state index in [2.05, 4.69) is 30.7 Å². The first-order valence-electron chi connectivity index (χ1n) is 6.25. The molecule has 0 heterocycles. The van der Waals surface area contributed by atoms with Crippen molar-refractivity contribution in [1.29, 1.82) is 0 Å². The van der Waals surface area contributed by atoms with Crippen LogP contribution < -0.4 is 0 Å². The van der Waals surface area contributed by atoms with Crippen molar-refractivity contribution in [2.45, 2.75) is 44.9 Å². The summed E-state index contributed by atoms with van der Waals surface area (Å²) in [5.41, 5.74) is 0. The Bertz CT molecular complexity index is 207. The van der Waals surface area contributed by atoms with E-state index in [1.54, 1.807) is 0 Å². The molecule has 0 aromatic rings. The molecule has 1 heteroatoms. The average molecular weight is 306 g/mol. The predicted octanol–water partition coefficient (Wildman–Crippen LogP) is 4.88. The van der Waals surface area contributed by atoms with Crippen LogP contribution >= 0.6 is 0 Å². The first kappa shape index (κ1) is 16.8. The van der Waals surface area contributed by atoms with Gasteiger partial charge in [-0.05, 0) is 0 Å². The Labute approximate surface area is 127 Å². The zero-order valence-electron chi connectivity index (χ0n) is 11.5. The van der Waals surface area contributed by atoms with Gasteiger partial charge in [0, 0.05) is 0 Å². The average Bonchev–Trinajstić information content (AvgIpc) is 3.10. The van der Waals surface area contributed by atoms with Crippen molar-refractivity contribution in [2.75, 3.05) is 0 Å². The second kappa shape index (κ2) is 13.9. The molecule has 91 valence electrons. The maximum atomic E-state index is 2.99. The molecule has 0 nitrogen and oxygen atoms in total. The van der Waals surface area contributed by atoms with E-state index in [1.165, 1.54) is 32.1 Å². The van der Waals surface area contributed by atoms with Crippen molar-refractivity contribution in [3.05, 3.63) is 55.0 Å². The second-order valence-electron chi connectivity index (χ2n) is 3.93. The van der Waals surface area contributed by atoms with Gasteiger partial charge in [-0.3, -0.25) is 12.2 Å². The molecule has 0 saturated heterocycles. The molecular formula is C16H22Zr-. The van der Waals surface area contributed by atoms with Gasteiger partial charge in [0.25, 0.3) is 0 Å². The quantitative estimate of drug-likeness (QED) is 0.560. The van der Waals surface area contributed by atoms with Crippen LogP contribution in [0.4, 0.5) is 0 Å². The molecule has 1 radical (unpaired) electrons. The maximum Gasteiger partial charge on any atom is 3.00 e. The summed E-state index contributed by atoms with van der Waals surface area (Å²) in [6.45, 7) is 0. The molecule has 17 heavy (non-hydrogen) atoms. The molecule has 0 unspecified atom stereocenters. The van der Waals surface area contributed by atoms with Gasteiger partial charge in [-0.15, -0.1) is 12.8 Å². The summed E-state index contributed by atoms with van der Waals surface area (Å²) in [6.07, 6.45) is 29.5. The van der Waals surface area contributed by atoms with Crippen LogP contribution in [0, 0.1) is 18.6 Å². The SMILES string of the molecule is [C-]1=CC=CC1.[C-]1=CC=CC1.[CH-]1CCCCC1.[H-].[Zr+3]. The fraction of sp³-hybridized carbons (Fsp3) is 0.438. The molecule has 0 atom stereocenters. The summed E-state index contributed by atoms with van der Waals surface area (Å²) in [5, 5.41) is 0. The summed E-state index contributed by atoms with van der Waals surface area (Å²) in [6, 6.07) is 0. The Balaban J connectivity index is 0. The second-order valence-corrected chi connectivity index (χ2v) is 3.93. The Morgan fingerprint density at radius 1 is 0.824 bits per heavy atom. The summed E-state index contributed by atoms with van der Waals surface area (Å²) in [7, 11) is 0. The van der Waals surface area contributed by atoms with E-state index < -0.39 is 0 Å². The van der Waals surface area contributed by atoms with Crippen molar-refractivity contribution in [2.24, 2.45) is 0 Å². The molecule has 3 aliphatic rings. The molecule has 3 rings (SSSR count). The molecule has 0 aliphatic heterocycles. The van der Waals surface area contributed by atoms with Crippen LogP contribution in [0.2, 0.25) is 0 Å². The van der Waals surface area contributed by atoms with E-state index in [1.807, 2.05) is 24.3 Å². The van der Waals surface area contributed by atoms with Crippen LogP contribution in [-0.4, -0.2) is 0 Å². The first-order valence-corrected chi connectivity index (χ1v) is 6.25. The topological polar surface area (TPSA) is 0 Å². The monoisotopic (exact) mass is 304 g/mol. The Morgan fingerprint density at radius 3 is 1.47 bits per heavy atom. The summed E-state index contributed by atoms with van der Waals surface area (Å²) in [5.74, 6) is 0. The van der Waals surface area contributed by atoms with Gasteiger partial charge in [0.2, 0.25) is 0 Å². The van der Waals surface area contributed by atoms with Gasteiger partial charge in [0.15, 0.2) is 0 Å². The van der Waals surface area contributed by atoms with Crippen molar-refractivity contribution < 1.29 is 27.6 Å². The number of allylic oxidation sites excluding steroid dienone is 8. The van der Waals surface area contributed by atoms with Crippen LogP contribution in [0.15, 0.2) is 36.5 Å². The zero-order valence-corrected chi connectivity index (χ0v) is 12.9. The van der Waals surface area contributed by atoms with Gasteiger partial charge in [0.05, 0.1) is 0 Å². The molecule has 0 bridgehead atoms. The van der Waals surface area contributed by atoms with Crippen LogP contribution in [0.25, 0.3) is 0 Å². The van der Waals surface area contributed by atoms with E-state index in [0.717, 1.165) is 12.8 Å². The fourth-order valence-corrected chi connectivity index (χ4v) is 1.58. The smallest absolute Gasteiger partial charge is 1.00 e. The molecule has 0 N–H and O–H groups in total. The van der Waals surface area contributed by atoms with Gasteiger partial charge >= 0.3 is 26.2 Å². The first-order chi connectivity index (χ1) is 8.00. The third-order valence-corrected chi connectivity index (χ3v) is 2.49. The van der Waals surface area contributed by atoms with Gasteiger partial charge in [0.1, 0.15) is 0 Å². The van der Waals surface area contributed by atoms with Crippen LogP contribution in [0.1, 0.15) is 46.4 Å². The third kappa shape index (κ3) is 12.1. The van der Waals surface area contributed by atoms with E-state index in [0.29, 0.717) is 0 Å². The van der Waals surface area contributed by atoms with E-state index >= 15 is 0 Å². The molecule has 1 saturated carbocycles. The molecule has 0 amide bonds. The molecule has 0 aromatic carbocycles. The Morgan fingerprint density at radius 2 is 1.35 bits per heavy atom. The van der Waals surface area contributed by atoms with Crippen molar-refractivity contribution in [3.8, 4) is 0 Å². The maximum absolute atomic E-state index is 2.99. The minimum absolute atomic E-state index is 0. The van der Waals surface area contributed by atoms with E-state index in [9.17, 15) is 0 Å². The van der Waals surface area contributed by atoms with Gasteiger partial charge in [-0.1, -0.05) is 19.3 Å². The molecular weight excluding hydrogens is 283 g/mol. The van der Waals surface area contributed by atoms with Crippen molar-refractivity contribution in [3.63, 3.8) is 0 Å². The van der Waals surface area contributed by atoms with Gasteiger partial charge in [-0.2, -0.15) is 25.0 Å². The summed E-state index contributed by atoms with van der Waals surface area (Å²) < 4.78 is 0. The standard InChI is InChI=1S/C6H11.2C5H5.Zr.H/c1-2-4-6-5-3-1;2*1-2-4-5-3-1;;/h1H,2-6H2;2*1-3H,4H2;;/q3*-1;+3;-1. The third-order valence-electron chi connectivity index (χ3n) is 2.49. The number of hydrogen-bond donors (Lipinski definition) is 0. The van der Waals surface area contributed by atoms with E-state index in [4.69, 9.17) is 0 Å². The predicted molar refractivity (Wildman–Crippen MR) is 71.6 cm³/mol. The largest absolute Gasteiger partial charge is 3.00 e. The summed E-state index contributed by atoms with van der Waals surface area (Å²) in [4.78, 5) is 0. The molecule has 0 spiro atoms. The minimum atomic E-state index is 0. The number of rotatable bonds is 0. The molecule has 1 fully saturated rings. The fourth-order valence-electron chi connectivity index (χ4n) is 1.58. The van der Waals surface area contributed by atoms with E-state index in [-0.39, 0.29) is 27.6 Å². The normalized spacial score (nSPS) is 18.8. The zero-order chi connectivity index (χ0) is 11.3. The Hall–Kier alpha value is -0.157. The van der Waals surface area contributed by atoms with Crippen LogP contribution in [0.3, 0.4) is 0 Å². The Kier molecular flexibility index (Phi) is 13.8. The summed E-state index contributed by atoms with van der Waals surface area (Å²) >= 11 is 0. The van der Waals surface area contributed by atoms with Gasteiger partial charge in [-0.25, -0.2) is 24.3 Å². The van der Waals surface area contributed by atoms with Crippen LogP contribution in [-0.2, 0) is 26.2 Å². The number of hydrogen-bond acceptors (Lipinski definition) is 0. The van der Waals surface area contributed by atoms with Crippen LogP contribution in [0.5, 0.6) is 0 Å². The molecule has 3 aliphatic carbocycles.